The molecule has 1 heterocycles. The zero-order valence-electron chi connectivity index (χ0n) is 9.40. The summed E-state index contributed by atoms with van der Waals surface area (Å²) in [5, 5.41) is 8.71. The van der Waals surface area contributed by atoms with E-state index in [0.29, 0.717) is 12.1 Å². The van der Waals surface area contributed by atoms with Crippen LogP contribution in [0.25, 0.3) is 0 Å². The van der Waals surface area contributed by atoms with Crippen LogP contribution in [0.15, 0.2) is 11.6 Å². The molecule has 0 bridgehead atoms. The molecule has 0 amide bonds. The van der Waals surface area contributed by atoms with Crippen LogP contribution in [0.5, 0.6) is 0 Å². The first-order chi connectivity index (χ1) is 7.09. The SMILES string of the molecule is CC(=CCN1CCCOC(C)C1)C(=O)O. The predicted octanol–water partition coefficient (Wildman–Crippen LogP) is 1.13. The van der Waals surface area contributed by atoms with Crippen LogP contribution >= 0.6 is 0 Å². The Kier molecular flexibility index (Phi) is 4.78. The van der Waals surface area contributed by atoms with Crippen molar-refractivity contribution in [3.8, 4) is 0 Å². The van der Waals surface area contributed by atoms with Crippen LogP contribution in [-0.2, 0) is 9.53 Å². The normalized spacial score (nSPS) is 24.9. The lowest BCUT2D eigenvalue weighted by molar-refractivity contribution is -0.132. The molecule has 0 aliphatic carbocycles. The first-order valence-electron chi connectivity index (χ1n) is 5.33. The number of ether oxygens (including phenoxy) is 1. The van der Waals surface area contributed by atoms with E-state index in [0.717, 1.165) is 26.1 Å². The van der Waals surface area contributed by atoms with Crippen molar-refractivity contribution in [3.63, 3.8) is 0 Å². The highest BCUT2D eigenvalue weighted by Gasteiger charge is 2.13. The van der Waals surface area contributed by atoms with Crippen molar-refractivity contribution in [1.82, 2.24) is 4.90 Å². The van der Waals surface area contributed by atoms with E-state index in [4.69, 9.17) is 9.84 Å². The zero-order chi connectivity index (χ0) is 11.3. The van der Waals surface area contributed by atoms with Gasteiger partial charge in [0.15, 0.2) is 0 Å². The maximum Gasteiger partial charge on any atom is 0.330 e. The van der Waals surface area contributed by atoms with Gasteiger partial charge in [0.25, 0.3) is 0 Å². The van der Waals surface area contributed by atoms with Gasteiger partial charge in [0.1, 0.15) is 0 Å². The van der Waals surface area contributed by atoms with Gasteiger partial charge in [-0.3, -0.25) is 4.90 Å². The highest BCUT2D eigenvalue weighted by atomic mass is 16.5. The molecule has 1 saturated heterocycles. The van der Waals surface area contributed by atoms with E-state index in [1.165, 1.54) is 0 Å². The van der Waals surface area contributed by atoms with Gasteiger partial charge >= 0.3 is 5.97 Å². The van der Waals surface area contributed by atoms with Crippen molar-refractivity contribution in [2.24, 2.45) is 0 Å². The second-order valence-electron chi connectivity index (χ2n) is 3.99. The molecule has 0 aromatic heterocycles. The third kappa shape index (κ3) is 4.44. The molecule has 0 radical (unpaired) electrons. The van der Waals surface area contributed by atoms with Crippen LogP contribution in [0.3, 0.4) is 0 Å². The van der Waals surface area contributed by atoms with Crippen molar-refractivity contribution in [2.75, 3.05) is 26.2 Å². The van der Waals surface area contributed by atoms with Gasteiger partial charge in [0, 0.05) is 31.8 Å². The number of rotatable bonds is 3. The Morgan fingerprint density at radius 2 is 2.40 bits per heavy atom. The minimum atomic E-state index is -0.839. The van der Waals surface area contributed by atoms with E-state index < -0.39 is 5.97 Å². The number of hydrogen-bond acceptors (Lipinski definition) is 3. The fraction of sp³-hybridized carbons (Fsp3) is 0.727. The summed E-state index contributed by atoms with van der Waals surface area (Å²) < 4.78 is 5.51. The van der Waals surface area contributed by atoms with E-state index in [9.17, 15) is 4.79 Å². The molecule has 1 aliphatic heterocycles. The first-order valence-corrected chi connectivity index (χ1v) is 5.33. The smallest absolute Gasteiger partial charge is 0.330 e. The molecule has 1 fully saturated rings. The van der Waals surface area contributed by atoms with Gasteiger partial charge in [-0.1, -0.05) is 6.08 Å². The van der Waals surface area contributed by atoms with E-state index in [2.05, 4.69) is 4.90 Å². The summed E-state index contributed by atoms with van der Waals surface area (Å²) in [5.74, 6) is -0.839. The summed E-state index contributed by atoms with van der Waals surface area (Å²) in [7, 11) is 0. The van der Waals surface area contributed by atoms with Crippen LogP contribution in [0.2, 0.25) is 0 Å². The van der Waals surface area contributed by atoms with Crippen molar-refractivity contribution >= 4 is 5.97 Å². The molecule has 1 unspecified atom stereocenters. The van der Waals surface area contributed by atoms with Crippen LogP contribution < -0.4 is 0 Å². The third-order valence-electron chi connectivity index (χ3n) is 2.53. The van der Waals surface area contributed by atoms with Gasteiger partial charge in [-0.05, 0) is 20.3 Å². The van der Waals surface area contributed by atoms with Crippen LogP contribution in [0, 0.1) is 0 Å². The molecule has 0 saturated carbocycles. The Balaban J connectivity index is 2.43. The molecule has 1 aliphatic rings. The fourth-order valence-electron chi connectivity index (χ4n) is 1.60. The Hall–Kier alpha value is -0.870. The molecule has 4 nitrogen and oxygen atoms in total. The van der Waals surface area contributed by atoms with E-state index >= 15 is 0 Å². The van der Waals surface area contributed by atoms with Crippen LogP contribution in [0.1, 0.15) is 20.3 Å². The Morgan fingerprint density at radius 1 is 1.67 bits per heavy atom. The van der Waals surface area contributed by atoms with Crippen LogP contribution in [0.4, 0.5) is 0 Å². The Bertz CT molecular complexity index is 250. The summed E-state index contributed by atoms with van der Waals surface area (Å²) >= 11 is 0. The third-order valence-corrected chi connectivity index (χ3v) is 2.53. The van der Waals surface area contributed by atoms with Crippen molar-refractivity contribution < 1.29 is 14.6 Å². The number of aliphatic carboxylic acids is 1. The number of nitrogens with zero attached hydrogens (tertiary/aromatic N) is 1. The first kappa shape index (κ1) is 12.2. The quantitative estimate of drug-likeness (QED) is 0.714. The molecule has 1 atom stereocenters. The lowest BCUT2D eigenvalue weighted by atomic mass is 10.2. The Morgan fingerprint density at radius 3 is 3.07 bits per heavy atom. The van der Waals surface area contributed by atoms with Gasteiger partial charge in [-0.25, -0.2) is 4.79 Å². The number of carboxylic acids is 1. The topological polar surface area (TPSA) is 49.8 Å². The molecular formula is C11H19NO3. The summed E-state index contributed by atoms with van der Waals surface area (Å²) in [5.41, 5.74) is 0.410. The zero-order valence-corrected chi connectivity index (χ0v) is 9.40. The lowest BCUT2D eigenvalue weighted by Crippen LogP contribution is -2.30. The average Bonchev–Trinajstić information content (AvgIpc) is 2.38. The van der Waals surface area contributed by atoms with Gasteiger partial charge in [0.2, 0.25) is 0 Å². The summed E-state index contributed by atoms with van der Waals surface area (Å²) in [6.07, 6.45) is 3.02. The monoisotopic (exact) mass is 213 g/mol. The summed E-state index contributed by atoms with van der Waals surface area (Å²) in [6, 6.07) is 0. The van der Waals surface area contributed by atoms with E-state index in [1.54, 1.807) is 13.0 Å². The Labute approximate surface area is 90.5 Å². The average molecular weight is 213 g/mol. The highest BCUT2D eigenvalue weighted by molar-refractivity contribution is 5.85. The maximum absolute atomic E-state index is 10.6. The molecule has 4 heteroatoms. The van der Waals surface area contributed by atoms with Crippen molar-refractivity contribution in [3.05, 3.63) is 11.6 Å². The molecule has 15 heavy (non-hydrogen) atoms. The highest BCUT2D eigenvalue weighted by Crippen LogP contribution is 2.05. The molecule has 86 valence electrons. The number of carbonyl (C=O) groups is 1. The van der Waals surface area contributed by atoms with Crippen molar-refractivity contribution in [1.29, 1.82) is 0 Å². The molecule has 0 aromatic carbocycles. The summed E-state index contributed by atoms with van der Waals surface area (Å²) in [6.45, 7) is 7.04. The molecule has 0 aromatic rings. The van der Waals surface area contributed by atoms with Gasteiger partial charge < -0.3 is 9.84 Å². The van der Waals surface area contributed by atoms with E-state index in [1.807, 2.05) is 6.92 Å². The lowest BCUT2D eigenvalue weighted by Gasteiger charge is -2.19. The number of carboxylic acid groups (broad SMARTS) is 1. The van der Waals surface area contributed by atoms with Gasteiger partial charge in [-0.15, -0.1) is 0 Å². The standard InChI is InChI=1S/C11H19NO3/c1-9(11(13)14)4-6-12-5-3-7-15-10(2)8-12/h4,10H,3,5-8H2,1-2H3,(H,13,14). The van der Waals surface area contributed by atoms with Crippen molar-refractivity contribution in [2.45, 2.75) is 26.4 Å². The largest absolute Gasteiger partial charge is 0.478 e. The van der Waals surface area contributed by atoms with Gasteiger partial charge in [0.05, 0.1) is 6.10 Å². The van der Waals surface area contributed by atoms with Crippen LogP contribution in [-0.4, -0.2) is 48.3 Å². The fourth-order valence-corrected chi connectivity index (χ4v) is 1.60. The second kappa shape index (κ2) is 5.88. The van der Waals surface area contributed by atoms with E-state index in [-0.39, 0.29) is 6.10 Å². The molecule has 1 N–H and O–H groups in total. The minimum Gasteiger partial charge on any atom is -0.478 e. The molecular weight excluding hydrogens is 194 g/mol. The summed E-state index contributed by atoms with van der Waals surface area (Å²) in [4.78, 5) is 12.8. The minimum absolute atomic E-state index is 0.242. The second-order valence-corrected chi connectivity index (χ2v) is 3.99. The molecule has 0 spiro atoms. The maximum atomic E-state index is 10.6. The predicted molar refractivity (Wildman–Crippen MR) is 57.9 cm³/mol. The molecule has 1 rings (SSSR count). The van der Waals surface area contributed by atoms with Gasteiger partial charge in [-0.2, -0.15) is 0 Å². The number of hydrogen-bond donors (Lipinski definition) is 1.